The standard InChI is InChI=1S/C12H12BrN3O3/c1-18-12(17)9-4-10(13)6-11(5-9)19-3-2-16-8-14-7-15-16/h4-8H,2-3H2,1H3. The summed E-state index contributed by atoms with van der Waals surface area (Å²) < 4.78 is 12.7. The summed E-state index contributed by atoms with van der Waals surface area (Å²) in [6.07, 6.45) is 3.08. The molecule has 0 radical (unpaired) electrons. The molecule has 1 aromatic carbocycles. The van der Waals surface area contributed by atoms with Gasteiger partial charge in [-0.25, -0.2) is 14.5 Å². The zero-order chi connectivity index (χ0) is 13.7. The Morgan fingerprint density at radius 2 is 2.26 bits per heavy atom. The number of carbonyl (C=O) groups is 1. The lowest BCUT2D eigenvalue weighted by Gasteiger charge is -2.08. The van der Waals surface area contributed by atoms with Crippen LogP contribution in [0.4, 0.5) is 0 Å². The molecule has 0 amide bonds. The molecule has 0 N–H and O–H groups in total. The Morgan fingerprint density at radius 3 is 2.95 bits per heavy atom. The third-order valence-corrected chi connectivity index (χ3v) is 2.81. The van der Waals surface area contributed by atoms with E-state index in [0.717, 1.165) is 4.47 Å². The van der Waals surface area contributed by atoms with Crippen molar-refractivity contribution in [2.45, 2.75) is 6.54 Å². The minimum absolute atomic E-state index is 0.401. The van der Waals surface area contributed by atoms with Crippen molar-refractivity contribution in [1.29, 1.82) is 0 Å². The highest BCUT2D eigenvalue weighted by molar-refractivity contribution is 9.10. The van der Waals surface area contributed by atoms with Gasteiger partial charge in [-0.05, 0) is 18.2 Å². The fourth-order valence-electron chi connectivity index (χ4n) is 1.49. The molecule has 0 fully saturated rings. The summed E-state index contributed by atoms with van der Waals surface area (Å²) >= 11 is 3.33. The average molecular weight is 326 g/mol. The highest BCUT2D eigenvalue weighted by atomic mass is 79.9. The third kappa shape index (κ3) is 3.78. The average Bonchev–Trinajstić information content (AvgIpc) is 2.90. The Kier molecular flexibility index (Phi) is 4.51. The first kappa shape index (κ1) is 13.5. The van der Waals surface area contributed by atoms with Crippen molar-refractivity contribution in [3.8, 4) is 5.75 Å². The van der Waals surface area contributed by atoms with Crippen molar-refractivity contribution in [1.82, 2.24) is 14.8 Å². The van der Waals surface area contributed by atoms with E-state index in [9.17, 15) is 4.79 Å². The zero-order valence-electron chi connectivity index (χ0n) is 10.2. The topological polar surface area (TPSA) is 66.2 Å². The van der Waals surface area contributed by atoms with E-state index >= 15 is 0 Å². The molecule has 0 saturated carbocycles. The smallest absolute Gasteiger partial charge is 0.338 e. The predicted molar refractivity (Wildman–Crippen MR) is 71.0 cm³/mol. The minimum Gasteiger partial charge on any atom is -0.492 e. The van der Waals surface area contributed by atoms with Crippen LogP contribution in [0.5, 0.6) is 5.75 Å². The van der Waals surface area contributed by atoms with Gasteiger partial charge in [-0.15, -0.1) is 0 Å². The number of halogens is 1. The molecule has 0 aliphatic heterocycles. The summed E-state index contributed by atoms with van der Waals surface area (Å²) in [6, 6.07) is 5.10. The van der Waals surface area contributed by atoms with Crippen molar-refractivity contribution in [3.05, 3.63) is 40.9 Å². The SMILES string of the molecule is COC(=O)c1cc(Br)cc(OCCn2cncn2)c1. The highest BCUT2D eigenvalue weighted by Gasteiger charge is 2.08. The van der Waals surface area contributed by atoms with Crippen LogP contribution in [-0.4, -0.2) is 34.5 Å². The van der Waals surface area contributed by atoms with Crippen LogP contribution in [0.25, 0.3) is 0 Å². The highest BCUT2D eigenvalue weighted by Crippen LogP contribution is 2.22. The van der Waals surface area contributed by atoms with Crippen LogP contribution in [-0.2, 0) is 11.3 Å². The quantitative estimate of drug-likeness (QED) is 0.785. The van der Waals surface area contributed by atoms with Crippen LogP contribution in [0, 0.1) is 0 Å². The molecule has 0 bridgehead atoms. The van der Waals surface area contributed by atoms with Crippen molar-refractivity contribution in [3.63, 3.8) is 0 Å². The first-order valence-electron chi connectivity index (χ1n) is 5.53. The van der Waals surface area contributed by atoms with E-state index in [4.69, 9.17) is 4.74 Å². The monoisotopic (exact) mass is 325 g/mol. The summed E-state index contributed by atoms with van der Waals surface area (Å²) in [6.45, 7) is 1.01. The maximum absolute atomic E-state index is 11.5. The predicted octanol–water partition coefficient (Wildman–Crippen LogP) is 1.91. The molecule has 2 rings (SSSR count). The molecule has 0 aliphatic rings. The number of carbonyl (C=O) groups excluding carboxylic acids is 1. The second kappa shape index (κ2) is 6.33. The molecule has 0 atom stereocenters. The number of rotatable bonds is 5. The van der Waals surface area contributed by atoms with Crippen LogP contribution in [0.15, 0.2) is 35.3 Å². The fourth-order valence-corrected chi connectivity index (χ4v) is 1.96. The summed E-state index contributed by atoms with van der Waals surface area (Å²) in [4.78, 5) is 15.3. The number of hydrogen-bond acceptors (Lipinski definition) is 5. The van der Waals surface area contributed by atoms with Gasteiger partial charge in [-0.1, -0.05) is 15.9 Å². The summed E-state index contributed by atoms with van der Waals surface area (Å²) in [5.41, 5.74) is 0.438. The van der Waals surface area contributed by atoms with Crippen LogP contribution >= 0.6 is 15.9 Å². The molecule has 100 valence electrons. The van der Waals surface area contributed by atoms with E-state index in [-0.39, 0.29) is 0 Å². The first-order valence-corrected chi connectivity index (χ1v) is 6.32. The van der Waals surface area contributed by atoms with Gasteiger partial charge in [0.15, 0.2) is 0 Å². The van der Waals surface area contributed by atoms with Gasteiger partial charge >= 0.3 is 5.97 Å². The van der Waals surface area contributed by atoms with Gasteiger partial charge in [-0.2, -0.15) is 5.10 Å². The molecule has 1 heterocycles. The number of methoxy groups -OCH3 is 1. The minimum atomic E-state index is -0.401. The van der Waals surface area contributed by atoms with Crippen LogP contribution < -0.4 is 4.74 Å². The van der Waals surface area contributed by atoms with E-state index in [1.165, 1.54) is 13.4 Å². The van der Waals surface area contributed by atoms with Gasteiger partial charge in [0, 0.05) is 4.47 Å². The normalized spacial score (nSPS) is 10.2. The van der Waals surface area contributed by atoms with Gasteiger partial charge in [0.05, 0.1) is 19.2 Å². The number of esters is 1. The van der Waals surface area contributed by atoms with Crippen LogP contribution in [0.1, 0.15) is 10.4 Å². The first-order chi connectivity index (χ1) is 9.19. The molecule has 19 heavy (non-hydrogen) atoms. The van der Waals surface area contributed by atoms with E-state index in [0.29, 0.717) is 24.5 Å². The van der Waals surface area contributed by atoms with Gasteiger partial charge in [0.25, 0.3) is 0 Å². The summed E-state index contributed by atoms with van der Waals surface area (Å²) in [5, 5.41) is 3.97. The number of nitrogens with zero attached hydrogens (tertiary/aromatic N) is 3. The Bertz CT molecular complexity index is 557. The number of ether oxygens (including phenoxy) is 2. The van der Waals surface area contributed by atoms with Crippen LogP contribution in [0.2, 0.25) is 0 Å². The largest absolute Gasteiger partial charge is 0.492 e. The number of benzene rings is 1. The van der Waals surface area contributed by atoms with E-state index in [1.54, 1.807) is 29.2 Å². The van der Waals surface area contributed by atoms with Gasteiger partial charge in [0.1, 0.15) is 25.0 Å². The molecular formula is C12H12BrN3O3. The summed E-state index contributed by atoms with van der Waals surface area (Å²) in [7, 11) is 1.34. The van der Waals surface area contributed by atoms with E-state index in [1.807, 2.05) is 0 Å². The lowest BCUT2D eigenvalue weighted by molar-refractivity contribution is 0.0600. The Labute approximate surface area is 118 Å². The van der Waals surface area contributed by atoms with Crippen LogP contribution in [0.3, 0.4) is 0 Å². The number of hydrogen-bond donors (Lipinski definition) is 0. The van der Waals surface area contributed by atoms with Crippen molar-refractivity contribution in [2.75, 3.05) is 13.7 Å². The van der Waals surface area contributed by atoms with Crippen molar-refractivity contribution in [2.24, 2.45) is 0 Å². The molecule has 7 heteroatoms. The number of aromatic nitrogens is 3. The van der Waals surface area contributed by atoms with Crippen molar-refractivity contribution >= 4 is 21.9 Å². The second-order valence-corrected chi connectivity index (χ2v) is 4.59. The Balaban J connectivity index is 1.99. The van der Waals surface area contributed by atoms with Gasteiger partial charge in [0.2, 0.25) is 0 Å². The molecular weight excluding hydrogens is 314 g/mol. The Hall–Kier alpha value is -1.89. The molecule has 2 aromatic rings. The molecule has 0 aliphatic carbocycles. The fraction of sp³-hybridized carbons (Fsp3) is 0.250. The maximum atomic E-state index is 11.5. The van der Waals surface area contributed by atoms with Crippen molar-refractivity contribution < 1.29 is 14.3 Å². The van der Waals surface area contributed by atoms with Gasteiger partial charge in [-0.3, -0.25) is 0 Å². The van der Waals surface area contributed by atoms with Gasteiger partial charge < -0.3 is 9.47 Å². The summed E-state index contributed by atoms with van der Waals surface area (Å²) in [5.74, 6) is 0.192. The zero-order valence-corrected chi connectivity index (χ0v) is 11.8. The third-order valence-electron chi connectivity index (χ3n) is 2.35. The van der Waals surface area contributed by atoms with E-state index < -0.39 is 5.97 Å². The molecule has 0 spiro atoms. The lowest BCUT2D eigenvalue weighted by atomic mass is 10.2. The lowest BCUT2D eigenvalue weighted by Crippen LogP contribution is -2.09. The molecule has 0 unspecified atom stereocenters. The molecule has 1 aromatic heterocycles. The molecule has 0 saturated heterocycles. The second-order valence-electron chi connectivity index (χ2n) is 3.67. The molecule has 6 nitrogen and oxygen atoms in total. The maximum Gasteiger partial charge on any atom is 0.338 e. The Morgan fingerprint density at radius 1 is 1.42 bits per heavy atom. The van der Waals surface area contributed by atoms with E-state index in [2.05, 4.69) is 30.7 Å².